The van der Waals surface area contributed by atoms with E-state index in [4.69, 9.17) is 0 Å². The summed E-state index contributed by atoms with van der Waals surface area (Å²) in [4.78, 5) is 26.1. The highest BCUT2D eigenvalue weighted by atomic mass is 32.1. The minimum atomic E-state index is -0.418. The maximum absolute atomic E-state index is 13.0. The summed E-state index contributed by atoms with van der Waals surface area (Å²) in [5.41, 5.74) is 2.34. The van der Waals surface area contributed by atoms with Crippen LogP contribution in [0.15, 0.2) is 71.7 Å². The quantitative estimate of drug-likeness (QED) is 0.613. The summed E-state index contributed by atoms with van der Waals surface area (Å²) in [5.74, 6) is -1.11. The lowest BCUT2D eigenvalue weighted by Gasteiger charge is -2.11. The van der Waals surface area contributed by atoms with Gasteiger partial charge in [0, 0.05) is 17.0 Å². The molecule has 0 aliphatic heterocycles. The molecule has 3 rings (SSSR count). The molecule has 2 N–H and O–H groups in total. The molecule has 2 aromatic carbocycles. The van der Waals surface area contributed by atoms with Gasteiger partial charge in [0.05, 0.1) is 0 Å². The van der Waals surface area contributed by atoms with E-state index in [0.29, 0.717) is 5.56 Å². The van der Waals surface area contributed by atoms with Crippen LogP contribution in [0.4, 0.5) is 4.39 Å². The summed E-state index contributed by atoms with van der Waals surface area (Å²) in [6, 6.07) is 16.7. The summed E-state index contributed by atoms with van der Waals surface area (Å²) >= 11 is 1.46. The molecule has 1 heterocycles. The predicted octanol–water partition coefficient (Wildman–Crippen LogP) is 4.28. The number of hydrogen-bond donors (Lipinski definition) is 2. The van der Waals surface area contributed by atoms with Crippen LogP contribution < -0.4 is 10.6 Å². The Morgan fingerprint density at radius 2 is 1.86 bits per heavy atom. The van der Waals surface area contributed by atoms with Crippen LogP contribution in [-0.4, -0.2) is 11.8 Å². The van der Waals surface area contributed by atoms with Gasteiger partial charge in [0.1, 0.15) is 11.5 Å². The maximum atomic E-state index is 13.0. The van der Waals surface area contributed by atoms with Crippen LogP contribution in [0.3, 0.4) is 0 Å². The first kappa shape index (κ1) is 19.5. The zero-order valence-corrected chi connectivity index (χ0v) is 16.1. The van der Waals surface area contributed by atoms with E-state index in [1.54, 1.807) is 36.4 Å². The van der Waals surface area contributed by atoms with Crippen molar-refractivity contribution >= 4 is 29.2 Å². The first-order valence-electron chi connectivity index (χ1n) is 8.67. The summed E-state index contributed by atoms with van der Waals surface area (Å²) in [6.45, 7) is 2.12. The molecule has 0 saturated heterocycles. The van der Waals surface area contributed by atoms with E-state index < -0.39 is 5.91 Å². The normalized spacial score (nSPS) is 11.1. The van der Waals surface area contributed by atoms with Gasteiger partial charge in [-0.2, -0.15) is 0 Å². The van der Waals surface area contributed by atoms with Crippen LogP contribution in [0.5, 0.6) is 0 Å². The van der Waals surface area contributed by atoms with Crippen molar-refractivity contribution in [2.75, 3.05) is 0 Å². The molecule has 4 nitrogen and oxygen atoms in total. The largest absolute Gasteiger partial charge is 0.347 e. The van der Waals surface area contributed by atoms with Gasteiger partial charge >= 0.3 is 0 Å². The number of halogens is 1. The number of carbonyl (C=O) groups excluding carboxylic acids is 2. The summed E-state index contributed by atoms with van der Waals surface area (Å²) < 4.78 is 13.0. The number of rotatable bonds is 6. The Kier molecular flexibility index (Phi) is 6.34. The zero-order chi connectivity index (χ0) is 19.9. The average Bonchev–Trinajstić information content (AvgIpc) is 3.20. The van der Waals surface area contributed by atoms with Gasteiger partial charge in [-0.3, -0.25) is 9.59 Å². The van der Waals surface area contributed by atoms with Gasteiger partial charge in [-0.25, -0.2) is 4.39 Å². The Morgan fingerprint density at radius 3 is 2.54 bits per heavy atom. The van der Waals surface area contributed by atoms with Crippen molar-refractivity contribution in [1.82, 2.24) is 10.6 Å². The number of thiophene rings is 1. The first-order valence-corrected chi connectivity index (χ1v) is 9.55. The predicted molar refractivity (Wildman–Crippen MR) is 109 cm³/mol. The highest BCUT2D eigenvalue weighted by Gasteiger charge is 2.15. The number of nitrogens with one attached hydrogen (secondary N) is 2. The van der Waals surface area contributed by atoms with Crippen molar-refractivity contribution in [3.63, 3.8) is 0 Å². The van der Waals surface area contributed by atoms with Gasteiger partial charge in [0.2, 0.25) is 0 Å². The average molecular weight is 394 g/mol. The molecular formula is C22H19FN2O2S. The highest BCUT2D eigenvalue weighted by molar-refractivity contribution is 7.10. The van der Waals surface area contributed by atoms with E-state index in [1.165, 1.54) is 23.5 Å². The van der Waals surface area contributed by atoms with Crippen molar-refractivity contribution in [2.24, 2.45) is 0 Å². The molecule has 0 bridgehead atoms. The molecule has 0 fully saturated rings. The van der Waals surface area contributed by atoms with E-state index >= 15 is 0 Å². The van der Waals surface area contributed by atoms with E-state index in [0.717, 1.165) is 16.0 Å². The second-order valence-electron chi connectivity index (χ2n) is 6.21. The summed E-state index contributed by atoms with van der Waals surface area (Å²) in [7, 11) is 0. The minimum absolute atomic E-state index is 0.149. The Balaban J connectivity index is 1.75. The Bertz CT molecular complexity index is 996. The lowest BCUT2D eigenvalue weighted by molar-refractivity contribution is -0.117. The molecular weight excluding hydrogens is 375 g/mol. The van der Waals surface area contributed by atoms with Gasteiger partial charge in [0.25, 0.3) is 11.8 Å². The van der Waals surface area contributed by atoms with Gasteiger partial charge in [-0.1, -0.05) is 35.9 Å². The van der Waals surface area contributed by atoms with Gasteiger partial charge in [-0.15, -0.1) is 11.3 Å². The van der Waals surface area contributed by atoms with E-state index in [-0.39, 0.29) is 24.0 Å². The lowest BCUT2D eigenvalue weighted by Crippen LogP contribution is -2.34. The zero-order valence-electron chi connectivity index (χ0n) is 15.2. The maximum Gasteiger partial charge on any atom is 0.268 e. The third-order valence-electron chi connectivity index (χ3n) is 3.97. The molecule has 0 atom stereocenters. The van der Waals surface area contributed by atoms with Crippen LogP contribution in [0.25, 0.3) is 6.08 Å². The van der Waals surface area contributed by atoms with Gasteiger partial charge in [-0.05, 0) is 54.3 Å². The Hall–Kier alpha value is -3.25. The number of benzene rings is 2. The van der Waals surface area contributed by atoms with Crippen molar-refractivity contribution < 1.29 is 14.0 Å². The van der Waals surface area contributed by atoms with Crippen molar-refractivity contribution in [2.45, 2.75) is 13.5 Å². The lowest BCUT2D eigenvalue weighted by atomic mass is 10.1. The standard InChI is InChI=1S/C22H19FN2O2S/c1-15-4-2-5-17(12-15)21(26)25-20(13-19-6-3-11-28-19)22(27)24-14-16-7-9-18(23)10-8-16/h2-13H,14H2,1H3,(H,24,27)(H,25,26)/b20-13-. The van der Waals surface area contributed by atoms with Gasteiger partial charge < -0.3 is 10.6 Å². The van der Waals surface area contributed by atoms with Crippen molar-refractivity contribution in [1.29, 1.82) is 0 Å². The van der Waals surface area contributed by atoms with Crippen molar-refractivity contribution in [3.8, 4) is 0 Å². The van der Waals surface area contributed by atoms with Crippen LogP contribution in [0.1, 0.15) is 26.4 Å². The van der Waals surface area contributed by atoms with E-state index in [9.17, 15) is 14.0 Å². The van der Waals surface area contributed by atoms with Crippen LogP contribution in [0, 0.1) is 12.7 Å². The van der Waals surface area contributed by atoms with E-state index in [1.807, 2.05) is 30.5 Å². The highest BCUT2D eigenvalue weighted by Crippen LogP contribution is 2.14. The fraction of sp³-hybridized carbons (Fsp3) is 0.0909. The van der Waals surface area contributed by atoms with Crippen LogP contribution in [0.2, 0.25) is 0 Å². The molecule has 0 aliphatic carbocycles. The number of amides is 2. The van der Waals surface area contributed by atoms with Gasteiger partial charge in [0.15, 0.2) is 0 Å². The molecule has 3 aromatic rings. The number of carbonyl (C=O) groups is 2. The fourth-order valence-corrected chi connectivity index (χ4v) is 3.19. The molecule has 142 valence electrons. The molecule has 0 spiro atoms. The van der Waals surface area contributed by atoms with E-state index in [2.05, 4.69) is 10.6 Å². The Morgan fingerprint density at radius 1 is 1.07 bits per heavy atom. The summed E-state index contributed by atoms with van der Waals surface area (Å²) in [5, 5.41) is 7.35. The van der Waals surface area contributed by atoms with Crippen LogP contribution in [-0.2, 0) is 11.3 Å². The summed E-state index contributed by atoms with van der Waals surface area (Å²) in [6.07, 6.45) is 1.64. The SMILES string of the molecule is Cc1cccc(C(=O)N/C(=C\c2cccs2)C(=O)NCc2ccc(F)cc2)c1. The monoisotopic (exact) mass is 394 g/mol. The second kappa shape index (κ2) is 9.10. The molecule has 2 amide bonds. The topological polar surface area (TPSA) is 58.2 Å². The molecule has 0 unspecified atom stereocenters. The smallest absolute Gasteiger partial charge is 0.268 e. The van der Waals surface area contributed by atoms with Crippen molar-refractivity contribution in [3.05, 3.63) is 99.1 Å². The molecule has 0 saturated carbocycles. The Labute approximate surface area is 166 Å². The number of aryl methyl sites for hydroxylation is 1. The molecule has 1 aromatic heterocycles. The molecule has 0 radical (unpaired) electrons. The third kappa shape index (κ3) is 5.37. The second-order valence-corrected chi connectivity index (χ2v) is 7.19. The third-order valence-corrected chi connectivity index (χ3v) is 4.79. The first-order chi connectivity index (χ1) is 13.5. The fourth-order valence-electron chi connectivity index (χ4n) is 2.53. The molecule has 0 aliphatic rings. The van der Waals surface area contributed by atoms with Crippen LogP contribution >= 0.6 is 11.3 Å². The minimum Gasteiger partial charge on any atom is -0.347 e. The molecule has 28 heavy (non-hydrogen) atoms. The number of hydrogen-bond acceptors (Lipinski definition) is 3. The molecule has 6 heteroatoms.